The van der Waals surface area contributed by atoms with Crippen LogP contribution in [0.4, 0.5) is 0 Å². The summed E-state index contributed by atoms with van der Waals surface area (Å²) >= 11 is 0. The van der Waals surface area contributed by atoms with Crippen LogP contribution < -0.4 is 0 Å². The average molecular weight is 469 g/mol. The van der Waals surface area contributed by atoms with Crippen molar-refractivity contribution in [2.45, 2.75) is 53.4 Å². The van der Waals surface area contributed by atoms with Gasteiger partial charge in [-0.05, 0) is 72.6 Å². The van der Waals surface area contributed by atoms with E-state index in [9.17, 15) is 16.8 Å². The monoisotopic (exact) mass is 468 g/mol. The summed E-state index contributed by atoms with van der Waals surface area (Å²) in [6, 6.07) is 16.8. The molecule has 0 N–H and O–H groups in total. The van der Waals surface area contributed by atoms with E-state index in [4.69, 9.17) is 0 Å². The van der Waals surface area contributed by atoms with Gasteiger partial charge in [0.25, 0.3) is 0 Å². The van der Waals surface area contributed by atoms with Crippen LogP contribution in [0.25, 0.3) is 0 Å². The first-order valence-electron chi connectivity index (χ1n) is 11.5. The van der Waals surface area contributed by atoms with Crippen molar-refractivity contribution < 1.29 is 16.8 Å². The maximum atomic E-state index is 14.0. The van der Waals surface area contributed by atoms with Crippen LogP contribution in [0.1, 0.15) is 33.1 Å². The SMILES string of the molecule is CC1(C)[C@H]2CC3=C([C@H]4C[C@H]3[C@H](S(=O)(=O)c3ccccc3)[C@@H]4S(=O)(=O)c3ccccc3)[C@H]1C2. The number of sulfone groups is 2. The van der Waals surface area contributed by atoms with Crippen molar-refractivity contribution in [3.05, 3.63) is 71.8 Å². The van der Waals surface area contributed by atoms with E-state index in [1.165, 1.54) is 11.1 Å². The van der Waals surface area contributed by atoms with Gasteiger partial charge in [0.2, 0.25) is 0 Å². The Balaban J connectivity index is 1.54. The van der Waals surface area contributed by atoms with Gasteiger partial charge in [-0.2, -0.15) is 0 Å². The van der Waals surface area contributed by atoms with Gasteiger partial charge in [0.05, 0.1) is 20.3 Å². The first-order valence-corrected chi connectivity index (χ1v) is 14.5. The highest BCUT2D eigenvalue weighted by atomic mass is 32.2. The largest absolute Gasteiger partial charge is 0.223 e. The van der Waals surface area contributed by atoms with Crippen molar-refractivity contribution in [3.8, 4) is 0 Å². The highest BCUT2D eigenvalue weighted by molar-refractivity contribution is 7.96. The minimum absolute atomic E-state index is 0.179. The van der Waals surface area contributed by atoms with Gasteiger partial charge in [0.1, 0.15) is 0 Å². The van der Waals surface area contributed by atoms with Crippen LogP contribution >= 0.6 is 0 Å². The second-order valence-corrected chi connectivity index (χ2v) is 14.8. The van der Waals surface area contributed by atoms with Crippen LogP contribution in [0.3, 0.4) is 0 Å². The van der Waals surface area contributed by atoms with Crippen LogP contribution in [0.2, 0.25) is 0 Å². The molecule has 0 aliphatic heterocycles. The molecule has 4 bridgehead atoms. The molecule has 2 saturated carbocycles. The molecular weight excluding hydrogens is 440 g/mol. The maximum Gasteiger partial charge on any atom is 0.183 e. The van der Waals surface area contributed by atoms with E-state index in [2.05, 4.69) is 13.8 Å². The van der Waals surface area contributed by atoms with Gasteiger partial charge in [-0.1, -0.05) is 61.4 Å². The Hall–Kier alpha value is -1.92. The molecule has 7 rings (SSSR count). The molecule has 2 aromatic rings. The molecule has 5 aliphatic carbocycles. The van der Waals surface area contributed by atoms with Gasteiger partial charge >= 0.3 is 0 Å². The van der Waals surface area contributed by atoms with E-state index >= 15 is 0 Å². The molecule has 5 aliphatic rings. The minimum Gasteiger partial charge on any atom is -0.223 e. The van der Waals surface area contributed by atoms with Crippen molar-refractivity contribution >= 4 is 19.7 Å². The van der Waals surface area contributed by atoms with Crippen molar-refractivity contribution in [2.24, 2.45) is 29.1 Å². The lowest BCUT2D eigenvalue weighted by Crippen LogP contribution is -2.54. The first-order chi connectivity index (χ1) is 15.1. The Kier molecular flexibility index (Phi) is 4.24. The zero-order chi connectivity index (χ0) is 22.5. The summed E-state index contributed by atoms with van der Waals surface area (Å²) in [5.41, 5.74) is 2.75. The summed E-state index contributed by atoms with van der Waals surface area (Å²) in [4.78, 5) is 0.462. The molecule has 32 heavy (non-hydrogen) atoms. The number of rotatable bonds is 4. The molecule has 0 saturated heterocycles. The quantitative estimate of drug-likeness (QED) is 0.611. The smallest absolute Gasteiger partial charge is 0.183 e. The predicted molar refractivity (Wildman–Crippen MR) is 123 cm³/mol. The Morgan fingerprint density at radius 2 is 1.22 bits per heavy atom. The van der Waals surface area contributed by atoms with Gasteiger partial charge in [-0.3, -0.25) is 0 Å². The van der Waals surface area contributed by atoms with Gasteiger partial charge in [0, 0.05) is 0 Å². The summed E-state index contributed by atoms with van der Waals surface area (Å²) in [6.07, 6.45) is 2.69. The molecule has 0 amide bonds. The van der Waals surface area contributed by atoms with E-state index < -0.39 is 30.2 Å². The Labute approximate surface area is 190 Å². The summed E-state index contributed by atoms with van der Waals surface area (Å²) in [5.74, 6) is 0.578. The second-order valence-electron chi connectivity index (χ2n) is 10.6. The molecule has 0 spiro atoms. The molecule has 6 heteroatoms. The Morgan fingerprint density at radius 1 is 0.719 bits per heavy atom. The first kappa shape index (κ1) is 20.7. The minimum atomic E-state index is -3.82. The van der Waals surface area contributed by atoms with Crippen molar-refractivity contribution in [1.29, 1.82) is 0 Å². The standard InChI is InChI=1S/C26H28O4S2/c1-26(2)16-13-19-20-15-21(23(19)22(26)14-16)25(32(29,30)18-11-7-4-8-12-18)24(20)31(27,28)17-9-5-3-6-10-17/h3-12,16,20-22,24-25H,13-15H2,1-2H3/t16-,20+,21+,22+,24-,25+/m0/s1. The number of hydrogen-bond acceptors (Lipinski definition) is 4. The number of allylic oxidation sites excluding steroid dienone is 2. The highest BCUT2D eigenvalue weighted by Gasteiger charge is 2.67. The molecule has 6 atom stereocenters. The number of hydrogen-bond donors (Lipinski definition) is 0. The maximum absolute atomic E-state index is 14.0. The topological polar surface area (TPSA) is 68.3 Å². The molecular formula is C26H28O4S2. The van der Waals surface area contributed by atoms with Gasteiger partial charge in [0.15, 0.2) is 19.7 Å². The third-order valence-corrected chi connectivity index (χ3v) is 13.7. The van der Waals surface area contributed by atoms with Crippen LogP contribution in [-0.2, 0) is 19.7 Å². The second kappa shape index (κ2) is 6.57. The zero-order valence-electron chi connectivity index (χ0n) is 18.3. The third kappa shape index (κ3) is 2.54. The van der Waals surface area contributed by atoms with E-state index in [1.54, 1.807) is 60.7 Å². The number of fused-ring (bicyclic) bond motifs is 2. The van der Waals surface area contributed by atoms with Gasteiger partial charge in [-0.25, -0.2) is 16.8 Å². The average Bonchev–Trinajstić information content (AvgIpc) is 3.38. The summed E-state index contributed by atoms with van der Waals surface area (Å²) in [5, 5.41) is -1.84. The van der Waals surface area contributed by atoms with Crippen molar-refractivity contribution in [2.75, 3.05) is 0 Å². The van der Waals surface area contributed by atoms with Crippen LogP contribution in [-0.4, -0.2) is 27.3 Å². The summed E-state index contributed by atoms with van der Waals surface area (Å²) in [7, 11) is -7.62. The van der Waals surface area contributed by atoms with E-state index in [0.717, 1.165) is 12.8 Å². The number of benzene rings is 2. The lowest BCUT2D eigenvalue weighted by atomic mass is 9.46. The van der Waals surface area contributed by atoms with Crippen LogP contribution in [0.5, 0.6) is 0 Å². The third-order valence-electron chi connectivity index (χ3n) is 9.02. The fourth-order valence-corrected chi connectivity index (χ4v) is 12.4. The van der Waals surface area contributed by atoms with E-state index in [1.807, 2.05) is 0 Å². The molecule has 0 radical (unpaired) electrons. The van der Waals surface area contributed by atoms with E-state index in [0.29, 0.717) is 18.3 Å². The predicted octanol–water partition coefficient (Wildman–Crippen LogP) is 4.68. The Morgan fingerprint density at radius 3 is 1.72 bits per heavy atom. The molecule has 0 unspecified atom stereocenters. The molecule has 0 aromatic heterocycles. The highest BCUT2D eigenvalue weighted by Crippen LogP contribution is 2.70. The molecule has 0 heterocycles. The normalized spacial score (nSPS) is 34.8. The van der Waals surface area contributed by atoms with Crippen molar-refractivity contribution in [3.63, 3.8) is 0 Å². The fourth-order valence-electron chi connectivity index (χ4n) is 7.32. The zero-order valence-corrected chi connectivity index (χ0v) is 19.9. The Bertz CT molecular complexity index is 1320. The summed E-state index contributed by atoms with van der Waals surface area (Å²) in [6.45, 7) is 4.58. The lowest BCUT2D eigenvalue weighted by molar-refractivity contribution is -0.0165. The molecule has 168 valence electrons. The summed E-state index contributed by atoms with van der Waals surface area (Å²) < 4.78 is 55.8. The van der Waals surface area contributed by atoms with Crippen LogP contribution in [0, 0.1) is 29.1 Å². The van der Waals surface area contributed by atoms with E-state index in [-0.39, 0.29) is 27.0 Å². The van der Waals surface area contributed by atoms with Gasteiger partial charge in [-0.15, -0.1) is 0 Å². The lowest BCUT2D eigenvalue weighted by Gasteiger charge is -2.59. The fraction of sp³-hybridized carbons (Fsp3) is 0.462. The van der Waals surface area contributed by atoms with Gasteiger partial charge < -0.3 is 0 Å². The molecule has 2 aromatic carbocycles. The van der Waals surface area contributed by atoms with Crippen molar-refractivity contribution in [1.82, 2.24) is 0 Å². The molecule has 2 fully saturated rings. The molecule has 4 nitrogen and oxygen atoms in total. The van der Waals surface area contributed by atoms with Crippen LogP contribution in [0.15, 0.2) is 81.6 Å².